The van der Waals surface area contributed by atoms with E-state index in [0.717, 1.165) is 11.3 Å². The zero-order valence-corrected chi connectivity index (χ0v) is 11.9. The van der Waals surface area contributed by atoms with Crippen LogP contribution in [0.1, 0.15) is 5.69 Å². The van der Waals surface area contributed by atoms with Crippen LogP contribution >= 0.6 is 0 Å². The van der Waals surface area contributed by atoms with Gasteiger partial charge in [-0.2, -0.15) is 0 Å². The molecule has 0 saturated heterocycles. The summed E-state index contributed by atoms with van der Waals surface area (Å²) in [5, 5.41) is 0. The molecule has 0 spiro atoms. The van der Waals surface area contributed by atoms with Crippen molar-refractivity contribution in [2.75, 3.05) is 27.1 Å². The van der Waals surface area contributed by atoms with Gasteiger partial charge in [-0.15, -0.1) is 0 Å². The summed E-state index contributed by atoms with van der Waals surface area (Å²) in [4.78, 5) is 8.59. The number of aromatic nitrogens is 2. The molecule has 106 valence electrons. The highest BCUT2D eigenvalue weighted by Crippen LogP contribution is 2.40. The second-order valence-electron chi connectivity index (χ2n) is 4.15. The Labute approximate surface area is 117 Å². The smallest absolute Gasteiger partial charge is 0.203 e. The van der Waals surface area contributed by atoms with E-state index in [-0.39, 0.29) is 0 Å². The third kappa shape index (κ3) is 2.45. The Morgan fingerprint density at radius 2 is 1.60 bits per heavy atom. The quantitative estimate of drug-likeness (QED) is 0.920. The van der Waals surface area contributed by atoms with Crippen LogP contribution in [0.15, 0.2) is 18.3 Å². The van der Waals surface area contributed by atoms with Crippen LogP contribution in [0.2, 0.25) is 0 Å². The lowest BCUT2D eigenvalue weighted by Gasteiger charge is -2.13. The second kappa shape index (κ2) is 5.64. The molecule has 0 radical (unpaired) electrons. The molecule has 1 aromatic carbocycles. The first-order valence-electron chi connectivity index (χ1n) is 6.00. The van der Waals surface area contributed by atoms with Gasteiger partial charge in [-0.25, -0.2) is 9.97 Å². The zero-order chi connectivity index (χ0) is 14.7. The molecule has 0 bridgehead atoms. The van der Waals surface area contributed by atoms with Crippen molar-refractivity contribution in [2.24, 2.45) is 0 Å². The highest BCUT2D eigenvalue weighted by atomic mass is 16.5. The van der Waals surface area contributed by atoms with Crippen molar-refractivity contribution < 1.29 is 14.2 Å². The molecular formula is C14H17N3O3. The molecule has 0 aliphatic rings. The SMILES string of the molecule is COc1cc(-c2ncc(N)c(C)n2)cc(OC)c1OC. The van der Waals surface area contributed by atoms with E-state index >= 15 is 0 Å². The number of benzene rings is 1. The van der Waals surface area contributed by atoms with Gasteiger partial charge in [0.25, 0.3) is 0 Å². The van der Waals surface area contributed by atoms with Gasteiger partial charge in [-0.1, -0.05) is 0 Å². The normalized spacial score (nSPS) is 10.2. The Kier molecular flexibility index (Phi) is 3.93. The maximum atomic E-state index is 5.73. The van der Waals surface area contributed by atoms with Gasteiger partial charge in [-0.3, -0.25) is 0 Å². The minimum Gasteiger partial charge on any atom is -0.493 e. The number of ether oxygens (including phenoxy) is 3. The molecule has 20 heavy (non-hydrogen) atoms. The monoisotopic (exact) mass is 275 g/mol. The lowest BCUT2D eigenvalue weighted by Crippen LogP contribution is -1.99. The average Bonchev–Trinajstić information content (AvgIpc) is 2.48. The van der Waals surface area contributed by atoms with Crippen molar-refractivity contribution in [2.45, 2.75) is 6.92 Å². The van der Waals surface area contributed by atoms with Gasteiger partial charge in [-0.05, 0) is 19.1 Å². The van der Waals surface area contributed by atoms with Crippen molar-refractivity contribution in [1.29, 1.82) is 0 Å². The molecule has 2 aromatic rings. The standard InChI is InChI=1S/C14H17N3O3/c1-8-10(15)7-16-14(17-8)9-5-11(18-2)13(20-4)12(6-9)19-3/h5-7H,15H2,1-4H3. The van der Waals surface area contributed by atoms with E-state index in [1.54, 1.807) is 39.7 Å². The van der Waals surface area contributed by atoms with Crippen molar-refractivity contribution in [3.05, 3.63) is 24.0 Å². The highest BCUT2D eigenvalue weighted by Gasteiger charge is 2.15. The number of rotatable bonds is 4. The summed E-state index contributed by atoms with van der Waals surface area (Å²) in [6, 6.07) is 3.60. The van der Waals surface area contributed by atoms with Gasteiger partial charge >= 0.3 is 0 Å². The van der Waals surface area contributed by atoms with Gasteiger partial charge in [0, 0.05) is 5.56 Å². The molecule has 0 aliphatic carbocycles. The third-order valence-corrected chi connectivity index (χ3v) is 2.94. The van der Waals surface area contributed by atoms with Gasteiger partial charge in [0.2, 0.25) is 5.75 Å². The summed E-state index contributed by atoms with van der Waals surface area (Å²) in [5.74, 6) is 2.20. The highest BCUT2D eigenvalue weighted by molar-refractivity contribution is 5.67. The van der Waals surface area contributed by atoms with E-state index in [9.17, 15) is 0 Å². The van der Waals surface area contributed by atoms with Crippen LogP contribution in [-0.4, -0.2) is 31.3 Å². The summed E-state index contributed by atoms with van der Waals surface area (Å²) >= 11 is 0. The fourth-order valence-electron chi connectivity index (χ4n) is 1.83. The predicted molar refractivity (Wildman–Crippen MR) is 76.3 cm³/mol. The molecule has 1 aromatic heterocycles. The largest absolute Gasteiger partial charge is 0.493 e. The van der Waals surface area contributed by atoms with E-state index in [1.807, 2.05) is 6.92 Å². The molecule has 0 amide bonds. The van der Waals surface area contributed by atoms with Crippen LogP contribution in [0, 0.1) is 6.92 Å². The minimum atomic E-state index is 0.533. The van der Waals surface area contributed by atoms with Crippen LogP contribution in [0.5, 0.6) is 17.2 Å². The number of aryl methyl sites for hydroxylation is 1. The Morgan fingerprint density at radius 3 is 2.05 bits per heavy atom. The van der Waals surface area contributed by atoms with E-state index in [1.165, 1.54) is 0 Å². The van der Waals surface area contributed by atoms with E-state index in [2.05, 4.69) is 9.97 Å². The molecule has 0 aliphatic heterocycles. The van der Waals surface area contributed by atoms with Crippen LogP contribution in [0.4, 0.5) is 5.69 Å². The lowest BCUT2D eigenvalue weighted by atomic mass is 10.1. The van der Waals surface area contributed by atoms with Crippen molar-refractivity contribution in [1.82, 2.24) is 9.97 Å². The number of nitrogen functional groups attached to an aromatic ring is 1. The maximum Gasteiger partial charge on any atom is 0.203 e. The van der Waals surface area contributed by atoms with Crippen molar-refractivity contribution >= 4 is 5.69 Å². The van der Waals surface area contributed by atoms with Gasteiger partial charge in [0.1, 0.15) is 0 Å². The number of nitrogens with two attached hydrogens (primary N) is 1. The molecule has 2 N–H and O–H groups in total. The van der Waals surface area contributed by atoms with Gasteiger partial charge < -0.3 is 19.9 Å². The summed E-state index contributed by atoms with van der Waals surface area (Å²) in [6.07, 6.45) is 1.58. The number of hydrogen-bond acceptors (Lipinski definition) is 6. The fourth-order valence-corrected chi connectivity index (χ4v) is 1.83. The summed E-state index contributed by atoms with van der Waals surface area (Å²) in [7, 11) is 4.69. The van der Waals surface area contributed by atoms with E-state index in [4.69, 9.17) is 19.9 Å². The predicted octanol–water partition coefficient (Wildman–Crippen LogP) is 2.06. The van der Waals surface area contributed by atoms with Crippen molar-refractivity contribution in [3.63, 3.8) is 0 Å². The third-order valence-electron chi connectivity index (χ3n) is 2.94. The van der Waals surface area contributed by atoms with Gasteiger partial charge in [0.05, 0.1) is 38.9 Å². The van der Waals surface area contributed by atoms with E-state index in [0.29, 0.717) is 28.8 Å². The Morgan fingerprint density at radius 1 is 1.00 bits per heavy atom. The number of nitrogens with zero attached hydrogens (tertiary/aromatic N) is 2. The molecular weight excluding hydrogens is 258 g/mol. The summed E-state index contributed by atoms with van der Waals surface area (Å²) in [6.45, 7) is 1.83. The topological polar surface area (TPSA) is 79.5 Å². The van der Waals surface area contributed by atoms with Crippen LogP contribution in [0.25, 0.3) is 11.4 Å². The Hall–Kier alpha value is -2.50. The van der Waals surface area contributed by atoms with Crippen LogP contribution in [-0.2, 0) is 0 Å². The molecule has 6 heteroatoms. The first-order chi connectivity index (χ1) is 9.60. The second-order valence-corrected chi connectivity index (χ2v) is 4.15. The fraction of sp³-hybridized carbons (Fsp3) is 0.286. The molecule has 0 saturated carbocycles. The molecule has 0 unspecified atom stereocenters. The first-order valence-corrected chi connectivity index (χ1v) is 6.00. The summed E-state index contributed by atoms with van der Waals surface area (Å²) in [5.41, 5.74) is 7.78. The Bertz CT molecular complexity index is 604. The molecule has 2 rings (SSSR count). The minimum absolute atomic E-state index is 0.533. The molecule has 6 nitrogen and oxygen atoms in total. The van der Waals surface area contributed by atoms with Gasteiger partial charge in [0.15, 0.2) is 17.3 Å². The molecule has 0 fully saturated rings. The molecule has 0 atom stereocenters. The van der Waals surface area contributed by atoms with E-state index < -0.39 is 0 Å². The summed E-state index contributed by atoms with van der Waals surface area (Å²) < 4.78 is 15.9. The number of anilines is 1. The van der Waals surface area contributed by atoms with Crippen molar-refractivity contribution in [3.8, 4) is 28.6 Å². The zero-order valence-electron chi connectivity index (χ0n) is 11.9. The first kappa shape index (κ1) is 13.9. The van der Waals surface area contributed by atoms with Crippen LogP contribution in [0.3, 0.4) is 0 Å². The average molecular weight is 275 g/mol. The molecule has 1 heterocycles. The lowest BCUT2D eigenvalue weighted by molar-refractivity contribution is 0.324. The van der Waals surface area contributed by atoms with Crippen LogP contribution < -0.4 is 19.9 Å². The maximum absolute atomic E-state index is 5.73. The Balaban J connectivity index is 2.59. The number of methoxy groups -OCH3 is 3. The number of hydrogen-bond donors (Lipinski definition) is 1.